The number of aryl methyl sites for hydroxylation is 1. The van der Waals surface area contributed by atoms with Gasteiger partial charge in [-0.2, -0.15) is 11.8 Å². The Labute approximate surface area is 107 Å². The fourth-order valence-corrected chi connectivity index (χ4v) is 3.35. The van der Waals surface area contributed by atoms with Crippen molar-refractivity contribution in [1.82, 2.24) is 14.9 Å². The first-order valence-electron chi connectivity index (χ1n) is 6.11. The summed E-state index contributed by atoms with van der Waals surface area (Å²) >= 11 is 2.08. The molecule has 1 aliphatic rings. The zero-order valence-electron chi connectivity index (χ0n) is 10.5. The first-order valence-corrected chi connectivity index (χ1v) is 7.16. The second-order valence-corrected chi connectivity index (χ2v) is 5.89. The number of rotatable bonds is 3. The smallest absolute Gasteiger partial charge is 0.144 e. The molecule has 5 heteroatoms. The highest BCUT2D eigenvalue weighted by molar-refractivity contribution is 8.00. The van der Waals surface area contributed by atoms with E-state index in [9.17, 15) is 0 Å². The highest BCUT2D eigenvalue weighted by Gasteiger charge is 2.19. The summed E-state index contributed by atoms with van der Waals surface area (Å²) in [6, 6.07) is 1.81. The molecule has 2 rings (SSSR count). The molecule has 17 heavy (non-hydrogen) atoms. The third-order valence-electron chi connectivity index (χ3n) is 2.96. The van der Waals surface area contributed by atoms with Crippen molar-refractivity contribution in [3.05, 3.63) is 17.6 Å². The molecule has 94 valence electrons. The first-order chi connectivity index (χ1) is 8.17. The van der Waals surface area contributed by atoms with E-state index in [0.717, 1.165) is 36.4 Å². The van der Waals surface area contributed by atoms with Crippen LogP contribution in [0, 0.1) is 6.92 Å². The lowest BCUT2D eigenvalue weighted by atomic mass is 10.3. The van der Waals surface area contributed by atoms with E-state index >= 15 is 0 Å². The maximum Gasteiger partial charge on any atom is 0.144 e. The van der Waals surface area contributed by atoms with E-state index in [1.165, 1.54) is 12.2 Å². The minimum atomic E-state index is 0.575. The minimum Gasteiger partial charge on any atom is -0.384 e. The van der Waals surface area contributed by atoms with Crippen LogP contribution in [0.4, 0.5) is 5.82 Å². The van der Waals surface area contributed by atoms with E-state index in [4.69, 9.17) is 5.73 Å². The Morgan fingerprint density at radius 3 is 3.06 bits per heavy atom. The van der Waals surface area contributed by atoms with Crippen molar-refractivity contribution in [1.29, 1.82) is 0 Å². The number of nitrogen functional groups attached to an aromatic ring is 1. The molecule has 4 nitrogen and oxygen atoms in total. The molecular formula is C12H20N4S. The van der Waals surface area contributed by atoms with Gasteiger partial charge in [0.1, 0.15) is 11.6 Å². The Hall–Kier alpha value is -0.810. The van der Waals surface area contributed by atoms with E-state index < -0.39 is 0 Å². The Kier molecular flexibility index (Phi) is 4.23. The predicted octanol–water partition coefficient (Wildman–Crippen LogP) is 1.69. The molecule has 0 amide bonds. The third-order valence-corrected chi connectivity index (χ3v) is 4.34. The van der Waals surface area contributed by atoms with Gasteiger partial charge in [0, 0.05) is 35.9 Å². The molecule has 0 aliphatic carbocycles. The lowest BCUT2D eigenvalue weighted by molar-refractivity contribution is 0.266. The van der Waals surface area contributed by atoms with Crippen LogP contribution in [0.15, 0.2) is 6.07 Å². The average Bonchev–Trinajstić information content (AvgIpc) is 2.28. The van der Waals surface area contributed by atoms with Crippen molar-refractivity contribution in [2.24, 2.45) is 0 Å². The second kappa shape index (κ2) is 5.69. The van der Waals surface area contributed by atoms with Crippen LogP contribution in [-0.2, 0) is 6.54 Å². The number of nitrogens with zero attached hydrogens (tertiary/aromatic N) is 3. The summed E-state index contributed by atoms with van der Waals surface area (Å²) in [7, 11) is 0. The third kappa shape index (κ3) is 3.57. The van der Waals surface area contributed by atoms with E-state index in [-0.39, 0.29) is 0 Å². The fourth-order valence-electron chi connectivity index (χ4n) is 2.10. The average molecular weight is 252 g/mol. The Bertz CT molecular complexity index is 363. The summed E-state index contributed by atoms with van der Waals surface area (Å²) < 4.78 is 0. The van der Waals surface area contributed by atoms with Crippen molar-refractivity contribution in [3.8, 4) is 0 Å². The monoisotopic (exact) mass is 252 g/mol. The fraction of sp³-hybridized carbons (Fsp3) is 0.667. The largest absolute Gasteiger partial charge is 0.384 e. The molecule has 1 aromatic heterocycles. The van der Waals surface area contributed by atoms with Crippen molar-refractivity contribution in [3.63, 3.8) is 0 Å². The lowest BCUT2D eigenvalue weighted by Gasteiger charge is -2.31. The number of thioether (sulfide) groups is 1. The molecule has 1 aliphatic heterocycles. The molecule has 2 heterocycles. The molecule has 1 unspecified atom stereocenters. The predicted molar refractivity (Wildman–Crippen MR) is 73.0 cm³/mol. The molecule has 1 saturated heterocycles. The lowest BCUT2D eigenvalue weighted by Crippen LogP contribution is -2.37. The Balaban J connectivity index is 2.00. The number of nitrogens with two attached hydrogens (primary N) is 1. The molecular weight excluding hydrogens is 232 g/mol. The van der Waals surface area contributed by atoms with E-state index in [1.807, 2.05) is 13.0 Å². The molecule has 1 fully saturated rings. The van der Waals surface area contributed by atoms with Crippen molar-refractivity contribution >= 4 is 17.6 Å². The van der Waals surface area contributed by atoms with Gasteiger partial charge in [-0.1, -0.05) is 6.92 Å². The van der Waals surface area contributed by atoms with Crippen LogP contribution in [0.3, 0.4) is 0 Å². The summed E-state index contributed by atoms with van der Waals surface area (Å²) in [5.41, 5.74) is 6.69. The van der Waals surface area contributed by atoms with Crippen LogP contribution >= 0.6 is 11.8 Å². The topological polar surface area (TPSA) is 55.0 Å². The Morgan fingerprint density at radius 2 is 2.35 bits per heavy atom. The van der Waals surface area contributed by atoms with Crippen LogP contribution < -0.4 is 5.73 Å². The van der Waals surface area contributed by atoms with Gasteiger partial charge in [0.2, 0.25) is 0 Å². The summed E-state index contributed by atoms with van der Waals surface area (Å²) in [4.78, 5) is 11.2. The van der Waals surface area contributed by atoms with Gasteiger partial charge in [0.25, 0.3) is 0 Å². The molecule has 0 spiro atoms. The van der Waals surface area contributed by atoms with Crippen LogP contribution in [0.5, 0.6) is 0 Å². The highest BCUT2D eigenvalue weighted by Crippen LogP contribution is 2.21. The zero-order valence-corrected chi connectivity index (χ0v) is 11.3. The van der Waals surface area contributed by atoms with Gasteiger partial charge >= 0.3 is 0 Å². The summed E-state index contributed by atoms with van der Waals surface area (Å²) in [5, 5.41) is 0.755. The molecule has 0 saturated carbocycles. The van der Waals surface area contributed by atoms with Crippen LogP contribution in [0.25, 0.3) is 0 Å². The maximum absolute atomic E-state index is 5.74. The van der Waals surface area contributed by atoms with Crippen LogP contribution in [0.2, 0.25) is 0 Å². The van der Waals surface area contributed by atoms with E-state index in [0.29, 0.717) is 5.82 Å². The van der Waals surface area contributed by atoms with E-state index in [2.05, 4.69) is 33.6 Å². The van der Waals surface area contributed by atoms with Gasteiger partial charge in [-0.3, -0.25) is 4.90 Å². The SMILES string of the molecule is CCC1CN(Cc2nc(C)cc(N)n2)CCS1. The van der Waals surface area contributed by atoms with Crippen molar-refractivity contribution < 1.29 is 0 Å². The quantitative estimate of drug-likeness (QED) is 0.887. The molecule has 1 aromatic rings. The van der Waals surface area contributed by atoms with Gasteiger partial charge in [0.15, 0.2) is 0 Å². The molecule has 0 bridgehead atoms. The Morgan fingerprint density at radius 1 is 1.53 bits per heavy atom. The van der Waals surface area contributed by atoms with Gasteiger partial charge in [-0.25, -0.2) is 9.97 Å². The molecule has 0 aromatic carbocycles. The van der Waals surface area contributed by atoms with Gasteiger partial charge < -0.3 is 5.73 Å². The number of aromatic nitrogens is 2. The summed E-state index contributed by atoms with van der Waals surface area (Å²) in [6.45, 7) is 7.30. The van der Waals surface area contributed by atoms with Gasteiger partial charge in [0.05, 0.1) is 6.54 Å². The highest BCUT2D eigenvalue weighted by atomic mass is 32.2. The van der Waals surface area contributed by atoms with Crippen molar-refractivity contribution in [2.75, 3.05) is 24.6 Å². The first kappa shape index (κ1) is 12.6. The number of hydrogen-bond acceptors (Lipinski definition) is 5. The second-order valence-electron chi connectivity index (χ2n) is 4.49. The number of hydrogen-bond donors (Lipinski definition) is 1. The van der Waals surface area contributed by atoms with E-state index in [1.54, 1.807) is 0 Å². The van der Waals surface area contributed by atoms with Crippen molar-refractivity contribution in [2.45, 2.75) is 32.1 Å². The molecule has 1 atom stereocenters. The maximum atomic E-state index is 5.74. The number of anilines is 1. The molecule has 2 N–H and O–H groups in total. The van der Waals surface area contributed by atoms with Crippen LogP contribution in [-0.4, -0.2) is 39.0 Å². The normalized spacial score (nSPS) is 21.6. The standard InChI is InChI=1S/C12H20N4S/c1-3-10-7-16(4-5-17-10)8-12-14-9(2)6-11(13)15-12/h6,10H,3-5,7-8H2,1-2H3,(H2,13,14,15). The summed E-state index contributed by atoms with van der Waals surface area (Å²) in [6.07, 6.45) is 1.23. The minimum absolute atomic E-state index is 0.575. The zero-order chi connectivity index (χ0) is 12.3. The summed E-state index contributed by atoms with van der Waals surface area (Å²) in [5.74, 6) is 2.63. The van der Waals surface area contributed by atoms with Gasteiger partial charge in [-0.15, -0.1) is 0 Å². The van der Waals surface area contributed by atoms with Crippen LogP contribution in [0.1, 0.15) is 24.9 Å². The van der Waals surface area contributed by atoms with Gasteiger partial charge in [-0.05, 0) is 13.3 Å². The molecule has 0 radical (unpaired) electrons.